The van der Waals surface area contributed by atoms with Crippen molar-refractivity contribution in [3.63, 3.8) is 0 Å². The first-order chi connectivity index (χ1) is 14.5. The molecule has 0 aliphatic carbocycles. The van der Waals surface area contributed by atoms with Gasteiger partial charge in [-0.3, -0.25) is 10.2 Å². The lowest BCUT2D eigenvalue weighted by Gasteiger charge is -2.13. The van der Waals surface area contributed by atoms with Gasteiger partial charge in [0.1, 0.15) is 23.1 Å². The van der Waals surface area contributed by atoms with Crippen LogP contribution in [-0.2, 0) is 6.61 Å². The number of anilines is 1. The minimum absolute atomic E-state index is 0.0470. The van der Waals surface area contributed by atoms with Gasteiger partial charge in [0.2, 0.25) is 0 Å². The van der Waals surface area contributed by atoms with Gasteiger partial charge in [0.25, 0.3) is 5.56 Å². The summed E-state index contributed by atoms with van der Waals surface area (Å²) in [5.41, 5.74) is 3.35. The van der Waals surface area contributed by atoms with E-state index in [-0.39, 0.29) is 27.9 Å². The fourth-order valence-corrected chi connectivity index (χ4v) is 2.80. The quantitative estimate of drug-likeness (QED) is 0.385. The Morgan fingerprint density at radius 2 is 2.07 bits per heavy atom. The van der Waals surface area contributed by atoms with Crippen LogP contribution in [0.1, 0.15) is 18.1 Å². The smallest absolute Gasteiger partial charge is 0.285 e. The van der Waals surface area contributed by atoms with Crippen LogP contribution in [0, 0.1) is 5.82 Å². The average molecular weight is 451 g/mol. The first-order valence-electron chi connectivity index (χ1n) is 8.84. The van der Waals surface area contributed by atoms with Gasteiger partial charge in [-0.05, 0) is 42.8 Å². The molecule has 0 saturated carbocycles. The highest BCUT2D eigenvalue weighted by Crippen LogP contribution is 2.30. The summed E-state index contributed by atoms with van der Waals surface area (Å²) in [5, 5.41) is 10.1. The summed E-state index contributed by atoms with van der Waals surface area (Å²) in [6.45, 7) is 2.19. The van der Waals surface area contributed by atoms with Gasteiger partial charge in [-0.25, -0.2) is 9.49 Å². The number of benzene rings is 2. The molecule has 0 aliphatic heterocycles. The van der Waals surface area contributed by atoms with Crippen LogP contribution >= 0.6 is 23.2 Å². The lowest BCUT2D eigenvalue weighted by molar-refractivity contribution is 0.266. The highest BCUT2D eigenvalue weighted by molar-refractivity contribution is 6.33. The number of rotatable bonds is 8. The van der Waals surface area contributed by atoms with E-state index in [1.807, 2.05) is 6.92 Å². The van der Waals surface area contributed by atoms with Crippen molar-refractivity contribution in [2.24, 2.45) is 5.10 Å². The molecule has 10 heteroatoms. The zero-order valence-electron chi connectivity index (χ0n) is 15.8. The van der Waals surface area contributed by atoms with Gasteiger partial charge >= 0.3 is 0 Å². The van der Waals surface area contributed by atoms with E-state index < -0.39 is 11.4 Å². The second-order valence-electron chi connectivity index (χ2n) is 5.92. The third kappa shape index (κ3) is 5.28. The van der Waals surface area contributed by atoms with Gasteiger partial charge in [-0.2, -0.15) is 10.2 Å². The second-order valence-corrected chi connectivity index (χ2v) is 6.71. The third-order valence-corrected chi connectivity index (χ3v) is 4.62. The SMILES string of the molecule is CCOc1cc(/C=N\Nc2cn[nH]c(=O)c2Cl)ccc1OCc1c(F)cccc1Cl. The third-order valence-electron chi connectivity index (χ3n) is 3.90. The molecule has 0 bridgehead atoms. The minimum Gasteiger partial charge on any atom is -0.490 e. The predicted octanol–water partition coefficient (Wildman–Crippen LogP) is 4.64. The maximum atomic E-state index is 13.9. The van der Waals surface area contributed by atoms with Gasteiger partial charge in [-0.15, -0.1) is 0 Å². The Bertz CT molecular complexity index is 1100. The standard InChI is InChI=1S/C20H17Cl2FN4O3/c1-2-29-18-8-12(9-24-26-16-10-25-27-20(28)19(16)22)6-7-17(18)30-11-13-14(21)4-3-5-15(13)23/h3-10H,2,11H2,1H3,(H2,26,27,28)/b24-9-. The molecular weight excluding hydrogens is 434 g/mol. The van der Waals surface area contributed by atoms with Crippen molar-refractivity contribution in [2.75, 3.05) is 12.0 Å². The molecule has 0 amide bonds. The monoisotopic (exact) mass is 450 g/mol. The van der Waals surface area contributed by atoms with E-state index in [1.54, 1.807) is 24.3 Å². The molecule has 0 radical (unpaired) electrons. The van der Waals surface area contributed by atoms with Gasteiger partial charge in [-0.1, -0.05) is 29.3 Å². The van der Waals surface area contributed by atoms with Crippen molar-refractivity contribution in [3.8, 4) is 11.5 Å². The number of nitrogens with one attached hydrogen (secondary N) is 2. The summed E-state index contributed by atoms with van der Waals surface area (Å²) in [6.07, 6.45) is 2.86. The average Bonchev–Trinajstić information content (AvgIpc) is 2.72. The van der Waals surface area contributed by atoms with Crippen LogP contribution in [0.5, 0.6) is 11.5 Å². The molecule has 1 heterocycles. The van der Waals surface area contributed by atoms with E-state index >= 15 is 0 Å². The molecule has 0 saturated heterocycles. The molecule has 0 atom stereocenters. The summed E-state index contributed by atoms with van der Waals surface area (Å²) >= 11 is 11.9. The van der Waals surface area contributed by atoms with Crippen LogP contribution in [0.3, 0.4) is 0 Å². The minimum atomic E-state index is -0.521. The molecule has 0 fully saturated rings. The fraction of sp³-hybridized carbons (Fsp3) is 0.150. The van der Waals surface area contributed by atoms with E-state index in [0.717, 1.165) is 0 Å². The van der Waals surface area contributed by atoms with Crippen LogP contribution in [0.4, 0.5) is 10.1 Å². The molecular formula is C20H17Cl2FN4O3. The first-order valence-corrected chi connectivity index (χ1v) is 9.60. The Morgan fingerprint density at radius 1 is 1.23 bits per heavy atom. The Labute approximate surface area is 181 Å². The van der Waals surface area contributed by atoms with Crippen LogP contribution in [0.15, 0.2) is 52.5 Å². The summed E-state index contributed by atoms with van der Waals surface area (Å²) < 4.78 is 25.3. The molecule has 0 spiro atoms. The number of hydrazone groups is 1. The highest BCUT2D eigenvalue weighted by Gasteiger charge is 2.11. The molecule has 2 N–H and O–H groups in total. The number of hydrogen-bond acceptors (Lipinski definition) is 6. The first kappa shape index (κ1) is 21.6. The molecule has 7 nitrogen and oxygen atoms in total. The van der Waals surface area contributed by atoms with Crippen LogP contribution < -0.4 is 20.5 Å². The van der Waals surface area contributed by atoms with Crippen molar-refractivity contribution in [1.29, 1.82) is 0 Å². The van der Waals surface area contributed by atoms with E-state index in [4.69, 9.17) is 32.7 Å². The van der Waals surface area contributed by atoms with Crippen molar-refractivity contribution in [3.05, 3.63) is 79.9 Å². The van der Waals surface area contributed by atoms with Gasteiger partial charge in [0.15, 0.2) is 11.5 Å². The molecule has 0 aliphatic rings. The highest BCUT2D eigenvalue weighted by atomic mass is 35.5. The fourth-order valence-electron chi connectivity index (χ4n) is 2.45. The largest absolute Gasteiger partial charge is 0.490 e. The van der Waals surface area contributed by atoms with Gasteiger partial charge in [0, 0.05) is 5.56 Å². The van der Waals surface area contributed by atoms with Crippen molar-refractivity contribution >= 4 is 35.1 Å². The topological polar surface area (TPSA) is 88.6 Å². The van der Waals surface area contributed by atoms with E-state index in [0.29, 0.717) is 23.7 Å². The number of aromatic nitrogens is 2. The number of halogens is 3. The number of ether oxygens (including phenoxy) is 2. The van der Waals surface area contributed by atoms with E-state index in [2.05, 4.69) is 20.7 Å². The van der Waals surface area contributed by atoms with E-state index in [1.165, 1.54) is 24.5 Å². The Morgan fingerprint density at radius 3 is 2.83 bits per heavy atom. The van der Waals surface area contributed by atoms with Crippen LogP contribution in [0.25, 0.3) is 0 Å². The zero-order valence-corrected chi connectivity index (χ0v) is 17.3. The van der Waals surface area contributed by atoms with Crippen LogP contribution in [0.2, 0.25) is 10.0 Å². The van der Waals surface area contributed by atoms with Gasteiger partial charge in [0.05, 0.1) is 24.0 Å². The normalized spacial score (nSPS) is 10.9. The molecule has 156 valence electrons. The maximum Gasteiger partial charge on any atom is 0.285 e. The molecule has 3 aromatic rings. The van der Waals surface area contributed by atoms with E-state index in [9.17, 15) is 9.18 Å². The number of aromatic amines is 1. The van der Waals surface area contributed by atoms with Crippen molar-refractivity contribution in [2.45, 2.75) is 13.5 Å². The molecule has 3 rings (SSSR count). The van der Waals surface area contributed by atoms with Crippen molar-refractivity contribution < 1.29 is 13.9 Å². The number of H-pyrrole nitrogens is 1. The predicted molar refractivity (Wildman–Crippen MR) is 114 cm³/mol. The Hall–Kier alpha value is -3.10. The van der Waals surface area contributed by atoms with Crippen molar-refractivity contribution in [1.82, 2.24) is 10.2 Å². The zero-order chi connectivity index (χ0) is 21.5. The second kappa shape index (κ2) is 10.1. The van der Waals surface area contributed by atoms with Gasteiger partial charge < -0.3 is 9.47 Å². The summed E-state index contributed by atoms with van der Waals surface area (Å²) in [6, 6.07) is 9.59. The maximum absolute atomic E-state index is 13.9. The molecule has 30 heavy (non-hydrogen) atoms. The number of nitrogens with zero attached hydrogens (tertiary/aromatic N) is 2. The number of hydrogen-bond donors (Lipinski definition) is 2. The Kier molecular flexibility index (Phi) is 7.26. The summed E-state index contributed by atoms with van der Waals surface area (Å²) in [5.74, 6) is 0.455. The molecule has 0 unspecified atom stereocenters. The Balaban J connectivity index is 1.74. The molecule has 2 aromatic carbocycles. The summed E-state index contributed by atoms with van der Waals surface area (Å²) in [7, 11) is 0. The lowest BCUT2D eigenvalue weighted by atomic mass is 10.2. The summed E-state index contributed by atoms with van der Waals surface area (Å²) in [4.78, 5) is 11.4. The molecule has 1 aromatic heterocycles. The lowest BCUT2D eigenvalue weighted by Crippen LogP contribution is -2.10. The van der Waals surface area contributed by atoms with Crippen LogP contribution in [-0.4, -0.2) is 23.0 Å².